The van der Waals surface area contributed by atoms with E-state index < -0.39 is 29.5 Å². The van der Waals surface area contributed by atoms with Gasteiger partial charge >= 0.3 is 0 Å². The Balaban J connectivity index is 1.33. The van der Waals surface area contributed by atoms with Gasteiger partial charge in [-0.3, -0.25) is 14.6 Å². The minimum atomic E-state index is -1.01. The van der Waals surface area contributed by atoms with Gasteiger partial charge in [0.25, 0.3) is 5.91 Å². The van der Waals surface area contributed by atoms with Gasteiger partial charge < -0.3 is 10.6 Å². The van der Waals surface area contributed by atoms with E-state index in [4.69, 9.17) is 0 Å². The predicted octanol–water partition coefficient (Wildman–Crippen LogP) is 5.21. The summed E-state index contributed by atoms with van der Waals surface area (Å²) < 4.78 is 29.9. The number of amides is 2. The SMILES string of the molecule is CNC(=O)C1C(c2ccc(F)cc2)=NN2C=CC(c3cc(C(=O)NC4(c5ccccc5)CC4)ccc3C)=C(F)C12. The molecule has 1 aliphatic carbocycles. The molecule has 2 amide bonds. The fourth-order valence-corrected chi connectivity index (χ4v) is 5.54. The van der Waals surface area contributed by atoms with Gasteiger partial charge in [0.15, 0.2) is 0 Å². The first-order valence-corrected chi connectivity index (χ1v) is 13.2. The van der Waals surface area contributed by atoms with Crippen LogP contribution in [0.25, 0.3) is 5.57 Å². The molecule has 0 aromatic heterocycles. The molecule has 3 aliphatic rings. The van der Waals surface area contributed by atoms with E-state index in [-0.39, 0.29) is 11.4 Å². The van der Waals surface area contributed by atoms with Crippen molar-refractivity contribution in [3.63, 3.8) is 0 Å². The number of aryl methyl sites for hydroxylation is 1. The van der Waals surface area contributed by atoms with Crippen molar-refractivity contribution in [3.8, 4) is 0 Å². The van der Waals surface area contributed by atoms with Crippen molar-refractivity contribution in [2.24, 2.45) is 11.0 Å². The number of carbonyl (C=O) groups is 2. The molecule has 2 N–H and O–H groups in total. The van der Waals surface area contributed by atoms with Gasteiger partial charge in [0.05, 0.1) is 11.3 Å². The molecule has 0 radical (unpaired) electrons. The van der Waals surface area contributed by atoms with Crippen LogP contribution in [0.5, 0.6) is 0 Å². The van der Waals surface area contributed by atoms with Crippen molar-refractivity contribution < 1.29 is 18.4 Å². The second kappa shape index (κ2) is 9.86. The van der Waals surface area contributed by atoms with E-state index in [1.165, 1.54) is 36.3 Å². The van der Waals surface area contributed by atoms with Crippen LogP contribution in [0.2, 0.25) is 0 Å². The summed E-state index contributed by atoms with van der Waals surface area (Å²) >= 11 is 0. The van der Waals surface area contributed by atoms with Crippen LogP contribution in [0, 0.1) is 18.7 Å². The molecule has 0 bridgehead atoms. The summed E-state index contributed by atoms with van der Waals surface area (Å²) in [5, 5.41) is 11.8. The van der Waals surface area contributed by atoms with Crippen molar-refractivity contribution in [1.82, 2.24) is 15.6 Å². The first kappa shape index (κ1) is 25.7. The largest absolute Gasteiger partial charge is 0.359 e. The lowest BCUT2D eigenvalue weighted by molar-refractivity contribution is -0.123. The van der Waals surface area contributed by atoms with Gasteiger partial charge in [-0.15, -0.1) is 0 Å². The molecule has 3 aromatic carbocycles. The van der Waals surface area contributed by atoms with Crippen LogP contribution >= 0.6 is 0 Å². The zero-order valence-corrected chi connectivity index (χ0v) is 22.1. The summed E-state index contributed by atoms with van der Waals surface area (Å²) in [6, 6.07) is 19.8. The van der Waals surface area contributed by atoms with Crippen molar-refractivity contribution in [1.29, 1.82) is 0 Å². The Kier molecular flexibility index (Phi) is 6.33. The molecule has 2 atom stereocenters. The second-order valence-electron chi connectivity index (χ2n) is 10.4. The molecule has 2 aliphatic heterocycles. The molecule has 2 heterocycles. The maximum Gasteiger partial charge on any atom is 0.251 e. The van der Waals surface area contributed by atoms with E-state index in [2.05, 4.69) is 15.7 Å². The van der Waals surface area contributed by atoms with Crippen LogP contribution < -0.4 is 10.6 Å². The van der Waals surface area contributed by atoms with Gasteiger partial charge in [-0.25, -0.2) is 8.78 Å². The van der Waals surface area contributed by atoms with Gasteiger partial charge in [-0.2, -0.15) is 5.10 Å². The van der Waals surface area contributed by atoms with Crippen molar-refractivity contribution in [3.05, 3.63) is 125 Å². The zero-order valence-electron chi connectivity index (χ0n) is 22.1. The molecule has 3 aromatic rings. The first-order valence-electron chi connectivity index (χ1n) is 13.2. The number of nitrogens with one attached hydrogen (secondary N) is 2. The highest BCUT2D eigenvalue weighted by Crippen LogP contribution is 2.46. The molecule has 6 nitrogen and oxygen atoms in total. The van der Waals surface area contributed by atoms with Crippen LogP contribution in [0.4, 0.5) is 8.78 Å². The van der Waals surface area contributed by atoms with E-state index in [0.717, 1.165) is 24.0 Å². The normalized spacial score (nSPS) is 20.6. The highest BCUT2D eigenvalue weighted by atomic mass is 19.1. The van der Waals surface area contributed by atoms with Crippen molar-refractivity contribution in [2.45, 2.75) is 31.3 Å². The van der Waals surface area contributed by atoms with Crippen molar-refractivity contribution in [2.75, 3.05) is 7.05 Å². The Labute approximate surface area is 231 Å². The Morgan fingerprint density at radius 1 is 1.00 bits per heavy atom. The Morgan fingerprint density at radius 3 is 2.40 bits per heavy atom. The minimum Gasteiger partial charge on any atom is -0.359 e. The van der Waals surface area contributed by atoms with Crippen LogP contribution in [-0.2, 0) is 10.3 Å². The molecule has 40 heavy (non-hydrogen) atoms. The molecular formula is C32H28F2N4O2. The molecule has 1 fully saturated rings. The number of hydrazone groups is 1. The van der Waals surface area contributed by atoms with E-state index in [0.29, 0.717) is 28.0 Å². The topological polar surface area (TPSA) is 73.8 Å². The van der Waals surface area contributed by atoms with Gasteiger partial charge in [0.1, 0.15) is 23.6 Å². The monoisotopic (exact) mass is 538 g/mol. The summed E-state index contributed by atoms with van der Waals surface area (Å²) in [7, 11) is 1.49. The standard InChI is InChI=1S/C32H28F2N4O2/c1-19-8-9-21(30(39)36-32(15-16-32)22-6-4-3-5-7-22)18-25(19)24-14-17-38-29(27(24)34)26(31(40)35-2)28(37-38)20-10-12-23(33)13-11-20/h3-14,17-18,26,29H,15-16H2,1-2H3,(H,35,40)(H,36,39). The van der Waals surface area contributed by atoms with Gasteiger partial charge in [-0.1, -0.05) is 48.5 Å². The van der Waals surface area contributed by atoms with E-state index in [1.807, 2.05) is 37.3 Å². The second-order valence-corrected chi connectivity index (χ2v) is 10.4. The number of fused-ring (bicyclic) bond motifs is 1. The quantitative estimate of drug-likeness (QED) is 0.453. The third-order valence-electron chi connectivity index (χ3n) is 7.92. The average Bonchev–Trinajstić information content (AvgIpc) is 3.65. The molecule has 6 rings (SSSR count). The summed E-state index contributed by atoms with van der Waals surface area (Å²) in [6.45, 7) is 1.86. The van der Waals surface area contributed by atoms with Crippen molar-refractivity contribution >= 4 is 23.1 Å². The lowest BCUT2D eigenvalue weighted by Crippen LogP contribution is -2.42. The number of hydrogen-bond donors (Lipinski definition) is 2. The van der Waals surface area contributed by atoms with E-state index in [9.17, 15) is 14.0 Å². The van der Waals surface area contributed by atoms with Gasteiger partial charge in [0.2, 0.25) is 5.91 Å². The summed E-state index contributed by atoms with van der Waals surface area (Å²) in [6.07, 6.45) is 4.97. The summed E-state index contributed by atoms with van der Waals surface area (Å²) in [5.74, 6) is -2.53. The Bertz CT molecular complexity index is 1590. The molecular weight excluding hydrogens is 510 g/mol. The van der Waals surface area contributed by atoms with Gasteiger partial charge in [0, 0.05) is 24.4 Å². The predicted molar refractivity (Wildman–Crippen MR) is 149 cm³/mol. The highest BCUT2D eigenvalue weighted by Gasteiger charge is 2.47. The molecule has 0 saturated heterocycles. The van der Waals surface area contributed by atoms with Crippen LogP contribution in [-0.4, -0.2) is 35.6 Å². The zero-order chi connectivity index (χ0) is 28.0. The fourth-order valence-electron chi connectivity index (χ4n) is 5.54. The smallest absolute Gasteiger partial charge is 0.251 e. The number of nitrogens with zero attached hydrogens (tertiary/aromatic N) is 2. The summed E-state index contributed by atoms with van der Waals surface area (Å²) in [4.78, 5) is 26.4. The first-order chi connectivity index (χ1) is 19.3. The number of hydrogen-bond acceptors (Lipinski definition) is 4. The molecule has 202 valence electrons. The maximum atomic E-state index is 16.4. The Hall–Kier alpha value is -4.59. The maximum absolute atomic E-state index is 16.4. The molecule has 8 heteroatoms. The highest BCUT2D eigenvalue weighted by molar-refractivity contribution is 6.15. The number of halogens is 2. The molecule has 0 spiro atoms. The lowest BCUT2D eigenvalue weighted by atomic mass is 9.85. The summed E-state index contributed by atoms with van der Waals surface area (Å²) in [5.41, 5.74) is 3.66. The third kappa shape index (κ3) is 4.39. The van der Waals surface area contributed by atoms with Crippen LogP contribution in [0.15, 0.2) is 96.0 Å². The fraction of sp³-hybridized carbons (Fsp3) is 0.219. The molecule has 2 unspecified atom stereocenters. The number of carbonyl (C=O) groups excluding carboxylic acids is 2. The third-order valence-corrected chi connectivity index (χ3v) is 7.92. The average molecular weight is 539 g/mol. The van der Waals surface area contributed by atoms with E-state index >= 15 is 4.39 Å². The lowest BCUT2D eigenvalue weighted by Gasteiger charge is -2.28. The number of benzene rings is 3. The molecule has 1 saturated carbocycles. The van der Waals surface area contributed by atoms with E-state index in [1.54, 1.807) is 30.5 Å². The van der Waals surface area contributed by atoms with Gasteiger partial charge in [-0.05, 0) is 72.4 Å². The Morgan fingerprint density at radius 2 is 1.73 bits per heavy atom. The number of rotatable bonds is 6. The minimum absolute atomic E-state index is 0.226. The van der Waals surface area contributed by atoms with Crippen LogP contribution in [0.1, 0.15) is 45.5 Å². The van der Waals surface area contributed by atoms with Crippen LogP contribution in [0.3, 0.4) is 0 Å². The number of allylic oxidation sites excluding steroid dienone is 2.